The van der Waals surface area contributed by atoms with E-state index in [9.17, 15) is 5.11 Å². The highest BCUT2D eigenvalue weighted by Gasteiger charge is 2.18. The summed E-state index contributed by atoms with van der Waals surface area (Å²) < 4.78 is 1.71. The number of hydrogen-bond donors (Lipinski definition) is 2. The number of aliphatic hydroxyl groups is 1. The Balaban J connectivity index is 1.74. The fourth-order valence-corrected chi connectivity index (χ4v) is 2.01. The molecule has 5 nitrogen and oxygen atoms in total. The van der Waals surface area contributed by atoms with E-state index in [2.05, 4.69) is 15.6 Å². The van der Waals surface area contributed by atoms with Crippen LogP contribution in [0.1, 0.15) is 31.4 Å². The van der Waals surface area contributed by atoms with Gasteiger partial charge in [-0.1, -0.05) is 5.21 Å². The van der Waals surface area contributed by atoms with E-state index in [1.165, 1.54) is 0 Å². The van der Waals surface area contributed by atoms with Crippen molar-refractivity contribution in [3.05, 3.63) is 11.9 Å². The summed E-state index contributed by atoms with van der Waals surface area (Å²) in [7, 11) is 1.87. The molecule has 1 fully saturated rings. The summed E-state index contributed by atoms with van der Waals surface area (Å²) in [4.78, 5) is 0. The monoisotopic (exact) mass is 210 g/mol. The smallest absolute Gasteiger partial charge is 0.0964 e. The fourth-order valence-electron chi connectivity index (χ4n) is 2.01. The van der Waals surface area contributed by atoms with Crippen LogP contribution in [0.4, 0.5) is 0 Å². The van der Waals surface area contributed by atoms with Crippen LogP contribution in [0, 0.1) is 0 Å². The van der Waals surface area contributed by atoms with E-state index < -0.39 is 0 Å². The number of nitrogens with zero attached hydrogens (tertiary/aromatic N) is 3. The normalized spacial score (nSPS) is 26.8. The largest absolute Gasteiger partial charge is 0.393 e. The Kier molecular flexibility index (Phi) is 3.33. The van der Waals surface area contributed by atoms with E-state index in [0.717, 1.165) is 37.9 Å². The fraction of sp³-hybridized carbons (Fsp3) is 0.800. The second kappa shape index (κ2) is 4.72. The Morgan fingerprint density at radius 2 is 2.20 bits per heavy atom. The molecule has 2 N–H and O–H groups in total. The Morgan fingerprint density at radius 3 is 2.80 bits per heavy atom. The van der Waals surface area contributed by atoms with E-state index in [-0.39, 0.29) is 6.10 Å². The molecule has 5 heteroatoms. The molecular formula is C10H18N4O. The van der Waals surface area contributed by atoms with Crippen molar-refractivity contribution in [2.45, 2.75) is 44.4 Å². The summed E-state index contributed by atoms with van der Waals surface area (Å²) in [5.41, 5.74) is 0.976. The second-order valence-electron chi connectivity index (χ2n) is 4.27. The van der Waals surface area contributed by atoms with Crippen molar-refractivity contribution in [2.24, 2.45) is 7.05 Å². The highest BCUT2D eigenvalue weighted by Crippen LogP contribution is 2.18. The van der Waals surface area contributed by atoms with E-state index in [4.69, 9.17) is 0 Å². The summed E-state index contributed by atoms with van der Waals surface area (Å²) in [6.45, 7) is 0.772. The molecule has 15 heavy (non-hydrogen) atoms. The van der Waals surface area contributed by atoms with Crippen molar-refractivity contribution in [3.63, 3.8) is 0 Å². The molecule has 0 unspecified atom stereocenters. The number of hydrogen-bond acceptors (Lipinski definition) is 4. The molecule has 1 saturated carbocycles. The van der Waals surface area contributed by atoms with Gasteiger partial charge in [0.1, 0.15) is 0 Å². The molecule has 0 amide bonds. The van der Waals surface area contributed by atoms with E-state index in [1.54, 1.807) is 4.68 Å². The molecule has 1 aliphatic rings. The van der Waals surface area contributed by atoms with Gasteiger partial charge in [-0.25, -0.2) is 0 Å². The van der Waals surface area contributed by atoms with Crippen LogP contribution in [0.15, 0.2) is 6.20 Å². The Morgan fingerprint density at radius 1 is 1.47 bits per heavy atom. The van der Waals surface area contributed by atoms with Crippen LogP contribution < -0.4 is 5.32 Å². The molecular weight excluding hydrogens is 192 g/mol. The zero-order valence-electron chi connectivity index (χ0n) is 9.06. The number of aromatic nitrogens is 3. The maximum atomic E-state index is 9.36. The summed E-state index contributed by atoms with van der Waals surface area (Å²) in [6.07, 6.45) is 5.78. The van der Waals surface area contributed by atoms with Crippen LogP contribution in [0.5, 0.6) is 0 Å². The molecule has 1 aromatic rings. The van der Waals surface area contributed by atoms with Crippen molar-refractivity contribution in [3.8, 4) is 0 Å². The zero-order chi connectivity index (χ0) is 10.7. The third-order valence-corrected chi connectivity index (χ3v) is 2.92. The number of aliphatic hydroxyl groups excluding tert-OH is 1. The molecule has 0 aromatic carbocycles. The maximum Gasteiger partial charge on any atom is 0.0964 e. The van der Waals surface area contributed by atoms with Gasteiger partial charge in [0, 0.05) is 25.8 Å². The van der Waals surface area contributed by atoms with E-state index in [1.807, 2.05) is 13.2 Å². The van der Waals surface area contributed by atoms with Gasteiger partial charge in [0.15, 0.2) is 0 Å². The van der Waals surface area contributed by atoms with E-state index in [0.29, 0.717) is 6.04 Å². The Labute approximate surface area is 89.5 Å². The van der Waals surface area contributed by atoms with Gasteiger partial charge in [-0.15, -0.1) is 5.10 Å². The van der Waals surface area contributed by atoms with Crippen LogP contribution in [0.3, 0.4) is 0 Å². The SMILES string of the molecule is Cn1cc(CNC2CCC(O)CC2)nn1. The van der Waals surface area contributed by atoms with E-state index >= 15 is 0 Å². The van der Waals surface area contributed by atoms with Crippen LogP contribution >= 0.6 is 0 Å². The predicted octanol–water partition coefficient (Wildman–Crippen LogP) is 0.208. The average Bonchev–Trinajstić information content (AvgIpc) is 2.64. The first-order chi connectivity index (χ1) is 7.24. The van der Waals surface area contributed by atoms with Crippen LogP contribution in [0.25, 0.3) is 0 Å². The molecule has 0 bridgehead atoms. The van der Waals surface area contributed by atoms with Gasteiger partial charge in [-0.3, -0.25) is 4.68 Å². The average molecular weight is 210 g/mol. The maximum absolute atomic E-state index is 9.36. The van der Waals surface area contributed by atoms with Crippen LogP contribution in [0.2, 0.25) is 0 Å². The lowest BCUT2D eigenvalue weighted by Crippen LogP contribution is -2.34. The van der Waals surface area contributed by atoms with Gasteiger partial charge in [0.05, 0.1) is 11.8 Å². The third-order valence-electron chi connectivity index (χ3n) is 2.92. The minimum atomic E-state index is -0.0837. The van der Waals surface area contributed by atoms with Crippen molar-refractivity contribution in [1.29, 1.82) is 0 Å². The summed E-state index contributed by atoms with van der Waals surface area (Å²) in [5, 5.41) is 20.7. The predicted molar refractivity (Wildman–Crippen MR) is 56.1 cm³/mol. The number of aryl methyl sites for hydroxylation is 1. The highest BCUT2D eigenvalue weighted by molar-refractivity contribution is 4.92. The standard InChI is InChI=1S/C10H18N4O/c1-14-7-9(12-13-14)6-11-8-2-4-10(15)5-3-8/h7-8,10-11,15H,2-6H2,1H3. The number of nitrogens with one attached hydrogen (secondary N) is 1. The molecule has 2 rings (SSSR count). The van der Waals surface area contributed by atoms with Crippen molar-refractivity contribution in [2.75, 3.05) is 0 Å². The molecule has 0 saturated heterocycles. The van der Waals surface area contributed by atoms with Gasteiger partial charge >= 0.3 is 0 Å². The minimum Gasteiger partial charge on any atom is -0.393 e. The summed E-state index contributed by atoms with van der Waals surface area (Å²) >= 11 is 0. The number of rotatable bonds is 3. The third kappa shape index (κ3) is 3.00. The molecule has 84 valence electrons. The van der Waals surface area contributed by atoms with Gasteiger partial charge < -0.3 is 10.4 Å². The van der Waals surface area contributed by atoms with Crippen molar-refractivity contribution >= 4 is 0 Å². The van der Waals surface area contributed by atoms with Crippen molar-refractivity contribution in [1.82, 2.24) is 20.3 Å². The first kappa shape index (κ1) is 10.6. The first-order valence-electron chi connectivity index (χ1n) is 5.50. The summed E-state index contributed by atoms with van der Waals surface area (Å²) in [5.74, 6) is 0. The van der Waals surface area contributed by atoms with Crippen LogP contribution in [-0.4, -0.2) is 32.2 Å². The molecule has 0 aliphatic heterocycles. The van der Waals surface area contributed by atoms with Crippen LogP contribution in [-0.2, 0) is 13.6 Å². The lowest BCUT2D eigenvalue weighted by molar-refractivity contribution is 0.116. The molecule has 0 spiro atoms. The van der Waals surface area contributed by atoms with Crippen molar-refractivity contribution < 1.29 is 5.11 Å². The Hall–Kier alpha value is -0.940. The van der Waals surface area contributed by atoms with Gasteiger partial charge in [-0.2, -0.15) is 0 Å². The Bertz CT molecular complexity index is 304. The molecule has 1 aromatic heterocycles. The lowest BCUT2D eigenvalue weighted by Gasteiger charge is -2.25. The topological polar surface area (TPSA) is 63.0 Å². The molecule has 0 atom stereocenters. The molecule has 1 aliphatic carbocycles. The highest BCUT2D eigenvalue weighted by atomic mass is 16.3. The van der Waals surface area contributed by atoms with Gasteiger partial charge in [0.2, 0.25) is 0 Å². The van der Waals surface area contributed by atoms with Gasteiger partial charge in [-0.05, 0) is 25.7 Å². The minimum absolute atomic E-state index is 0.0837. The molecule has 1 heterocycles. The first-order valence-corrected chi connectivity index (χ1v) is 5.50. The second-order valence-corrected chi connectivity index (χ2v) is 4.27. The molecule has 0 radical (unpaired) electrons. The summed E-state index contributed by atoms with van der Waals surface area (Å²) in [6, 6.07) is 0.524. The zero-order valence-corrected chi connectivity index (χ0v) is 9.06. The van der Waals surface area contributed by atoms with Gasteiger partial charge in [0.25, 0.3) is 0 Å². The quantitative estimate of drug-likeness (QED) is 0.748. The lowest BCUT2D eigenvalue weighted by atomic mass is 9.93.